The quantitative estimate of drug-likeness (QED) is 0.485. The summed E-state index contributed by atoms with van der Waals surface area (Å²) in [6.45, 7) is 4.76. The Kier molecular flexibility index (Phi) is 6.55. The highest BCUT2D eigenvalue weighted by molar-refractivity contribution is 7.91. The van der Waals surface area contributed by atoms with Crippen molar-refractivity contribution in [3.63, 3.8) is 0 Å². The van der Waals surface area contributed by atoms with Crippen molar-refractivity contribution in [3.8, 4) is 11.3 Å². The fourth-order valence-corrected chi connectivity index (χ4v) is 6.94. The third kappa shape index (κ3) is 4.61. The van der Waals surface area contributed by atoms with Crippen LogP contribution in [0.1, 0.15) is 48.3 Å². The van der Waals surface area contributed by atoms with Crippen LogP contribution in [0.5, 0.6) is 0 Å². The number of piperidine rings is 1. The SMILES string of the molecule is CCOC(=O)C1CCCN(C(=O)c2cc(-c3ccccc3)nc3c2c(C)nn3C2CCS(=O)(=O)C2)C1. The molecule has 36 heavy (non-hydrogen) atoms. The van der Waals surface area contributed by atoms with E-state index in [-0.39, 0.29) is 35.3 Å². The number of rotatable bonds is 5. The van der Waals surface area contributed by atoms with Crippen LogP contribution in [0.15, 0.2) is 36.4 Å². The zero-order valence-corrected chi connectivity index (χ0v) is 21.3. The highest BCUT2D eigenvalue weighted by Crippen LogP contribution is 2.33. The molecule has 2 unspecified atom stereocenters. The van der Waals surface area contributed by atoms with E-state index in [0.29, 0.717) is 66.9 Å². The number of carbonyl (C=O) groups excluding carboxylic acids is 2. The van der Waals surface area contributed by atoms with Crippen molar-refractivity contribution >= 4 is 32.7 Å². The molecule has 10 heteroatoms. The van der Waals surface area contributed by atoms with Gasteiger partial charge in [0.2, 0.25) is 0 Å². The number of aryl methyl sites for hydroxylation is 1. The van der Waals surface area contributed by atoms with Gasteiger partial charge in [0.05, 0.1) is 52.4 Å². The van der Waals surface area contributed by atoms with Gasteiger partial charge in [-0.25, -0.2) is 18.1 Å². The molecule has 5 rings (SSSR count). The normalized spacial score (nSPS) is 21.6. The summed E-state index contributed by atoms with van der Waals surface area (Å²) >= 11 is 0. The molecular weight excluding hydrogens is 480 g/mol. The Morgan fingerprint density at radius 3 is 2.64 bits per heavy atom. The van der Waals surface area contributed by atoms with E-state index in [0.717, 1.165) is 5.56 Å². The van der Waals surface area contributed by atoms with Gasteiger partial charge in [0.1, 0.15) is 0 Å². The van der Waals surface area contributed by atoms with Gasteiger partial charge < -0.3 is 9.64 Å². The van der Waals surface area contributed by atoms with Crippen molar-refractivity contribution in [1.82, 2.24) is 19.7 Å². The maximum absolute atomic E-state index is 13.9. The van der Waals surface area contributed by atoms with E-state index in [1.165, 1.54) is 0 Å². The average Bonchev–Trinajstić information content (AvgIpc) is 3.42. The van der Waals surface area contributed by atoms with Crippen LogP contribution in [0.4, 0.5) is 0 Å². The summed E-state index contributed by atoms with van der Waals surface area (Å²) in [7, 11) is -3.14. The molecule has 3 aromatic rings. The molecule has 1 aromatic carbocycles. The maximum Gasteiger partial charge on any atom is 0.310 e. The summed E-state index contributed by atoms with van der Waals surface area (Å²) in [5.74, 6) is -0.676. The number of nitrogens with zero attached hydrogens (tertiary/aromatic N) is 4. The molecule has 2 fully saturated rings. The molecule has 4 heterocycles. The van der Waals surface area contributed by atoms with Crippen molar-refractivity contribution < 1.29 is 22.7 Å². The minimum absolute atomic E-state index is 0.0110. The van der Waals surface area contributed by atoms with Gasteiger partial charge in [-0.3, -0.25) is 9.59 Å². The van der Waals surface area contributed by atoms with Gasteiger partial charge in [-0.05, 0) is 39.2 Å². The Morgan fingerprint density at radius 1 is 1.17 bits per heavy atom. The van der Waals surface area contributed by atoms with E-state index in [4.69, 9.17) is 9.72 Å². The molecule has 2 atom stereocenters. The minimum atomic E-state index is -3.14. The van der Waals surface area contributed by atoms with Crippen molar-refractivity contribution in [2.75, 3.05) is 31.2 Å². The number of likely N-dealkylation sites (tertiary alicyclic amines) is 1. The summed E-state index contributed by atoms with van der Waals surface area (Å²) < 4.78 is 31.3. The van der Waals surface area contributed by atoms with Gasteiger partial charge in [-0.15, -0.1) is 0 Å². The molecule has 2 aliphatic rings. The van der Waals surface area contributed by atoms with Gasteiger partial charge in [0, 0.05) is 18.7 Å². The van der Waals surface area contributed by atoms with E-state index >= 15 is 0 Å². The lowest BCUT2D eigenvalue weighted by Crippen LogP contribution is -2.43. The lowest BCUT2D eigenvalue weighted by atomic mass is 9.96. The van der Waals surface area contributed by atoms with Crippen molar-refractivity contribution in [1.29, 1.82) is 0 Å². The van der Waals surface area contributed by atoms with Crippen LogP contribution in [0.3, 0.4) is 0 Å². The third-order valence-corrected chi connectivity index (χ3v) is 8.77. The molecule has 2 aromatic heterocycles. The highest BCUT2D eigenvalue weighted by Gasteiger charge is 2.34. The number of benzene rings is 1. The van der Waals surface area contributed by atoms with Gasteiger partial charge in [-0.1, -0.05) is 30.3 Å². The smallest absolute Gasteiger partial charge is 0.310 e. The number of fused-ring (bicyclic) bond motifs is 1. The fraction of sp³-hybridized carbons (Fsp3) is 0.462. The largest absolute Gasteiger partial charge is 0.466 e. The average molecular weight is 511 g/mol. The molecule has 190 valence electrons. The summed E-state index contributed by atoms with van der Waals surface area (Å²) in [6.07, 6.45) is 1.87. The fourth-order valence-electron chi connectivity index (χ4n) is 5.25. The predicted octanol–water partition coefficient (Wildman–Crippen LogP) is 3.18. The molecule has 0 saturated carbocycles. The van der Waals surface area contributed by atoms with Crippen LogP contribution in [0.25, 0.3) is 22.3 Å². The van der Waals surface area contributed by atoms with Crippen molar-refractivity contribution in [2.45, 2.75) is 39.2 Å². The van der Waals surface area contributed by atoms with E-state index in [1.54, 1.807) is 22.6 Å². The second-order valence-electron chi connectivity index (χ2n) is 9.55. The molecule has 2 aliphatic heterocycles. The number of hydrogen-bond acceptors (Lipinski definition) is 7. The zero-order valence-electron chi connectivity index (χ0n) is 20.5. The first-order valence-corrected chi connectivity index (χ1v) is 14.2. The van der Waals surface area contributed by atoms with Crippen molar-refractivity contribution in [2.24, 2.45) is 5.92 Å². The van der Waals surface area contributed by atoms with E-state index in [2.05, 4.69) is 5.10 Å². The summed E-state index contributed by atoms with van der Waals surface area (Å²) in [5.41, 5.74) is 3.07. The van der Waals surface area contributed by atoms with Crippen LogP contribution in [0.2, 0.25) is 0 Å². The number of carbonyl (C=O) groups is 2. The van der Waals surface area contributed by atoms with E-state index in [9.17, 15) is 18.0 Å². The van der Waals surface area contributed by atoms with Crippen LogP contribution in [-0.2, 0) is 19.4 Å². The summed E-state index contributed by atoms with van der Waals surface area (Å²) in [4.78, 5) is 32.9. The number of aromatic nitrogens is 3. The lowest BCUT2D eigenvalue weighted by molar-refractivity contribution is -0.149. The number of pyridine rings is 1. The molecule has 1 amide bonds. The molecule has 0 radical (unpaired) electrons. The second-order valence-corrected chi connectivity index (χ2v) is 11.8. The van der Waals surface area contributed by atoms with Crippen molar-refractivity contribution in [3.05, 3.63) is 47.7 Å². The zero-order chi connectivity index (χ0) is 25.4. The van der Waals surface area contributed by atoms with E-state index < -0.39 is 9.84 Å². The Labute approximate surface area is 210 Å². The van der Waals surface area contributed by atoms with Crippen LogP contribution < -0.4 is 0 Å². The van der Waals surface area contributed by atoms with E-state index in [1.807, 2.05) is 37.3 Å². The Bertz CT molecular complexity index is 1420. The molecule has 0 spiro atoms. The number of ether oxygens (including phenoxy) is 1. The van der Waals surface area contributed by atoms with Crippen LogP contribution in [0, 0.1) is 12.8 Å². The Balaban J connectivity index is 1.61. The monoisotopic (exact) mass is 510 g/mol. The number of amides is 1. The molecular formula is C26H30N4O5S. The molecule has 0 N–H and O–H groups in total. The van der Waals surface area contributed by atoms with Crippen LogP contribution in [-0.4, -0.2) is 71.2 Å². The molecule has 2 saturated heterocycles. The first-order valence-electron chi connectivity index (χ1n) is 12.4. The van der Waals surface area contributed by atoms with Gasteiger partial charge >= 0.3 is 5.97 Å². The van der Waals surface area contributed by atoms with Crippen LogP contribution >= 0.6 is 0 Å². The summed E-state index contributed by atoms with van der Waals surface area (Å²) in [6, 6.07) is 11.0. The Hall–Kier alpha value is -3.27. The number of sulfone groups is 1. The topological polar surface area (TPSA) is 111 Å². The lowest BCUT2D eigenvalue weighted by Gasteiger charge is -2.31. The van der Waals surface area contributed by atoms with Gasteiger partial charge in [0.25, 0.3) is 5.91 Å². The third-order valence-electron chi connectivity index (χ3n) is 7.02. The number of esters is 1. The summed E-state index contributed by atoms with van der Waals surface area (Å²) in [5, 5.41) is 5.30. The number of hydrogen-bond donors (Lipinski definition) is 0. The van der Waals surface area contributed by atoms with Gasteiger partial charge in [0.15, 0.2) is 15.5 Å². The predicted molar refractivity (Wildman–Crippen MR) is 135 cm³/mol. The van der Waals surface area contributed by atoms with Gasteiger partial charge in [-0.2, -0.15) is 5.10 Å². The second kappa shape index (κ2) is 9.65. The maximum atomic E-state index is 13.9. The first-order chi connectivity index (χ1) is 17.3. The Morgan fingerprint density at radius 2 is 1.94 bits per heavy atom. The highest BCUT2D eigenvalue weighted by atomic mass is 32.2. The molecule has 0 aliphatic carbocycles. The molecule has 9 nitrogen and oxygen atoms in total. The molecule has 0 bridgehead atoms. The standard InChI is InChI=1S/C26H30N4O5S/c1-3-35-26(32)19-10-7-12-29(15-19)25(31)21-14-22(18-8-5-4-6-9-18)27-24-23(21)17(2)28-30(24)20-11-13-36(33,34)16-20/h4-6,8-9,14,19-20H,3,7,10-13,15-16H2,1-2H3. The first kappa shape index (κ1) is 24.4. The minimum Gasteiger partial charge on any atom is -0.466 e.